The first kappa shape index (κ1) is 14.3. The van der Waals surface area contributed by atoms with E-state index in [1.807, 2.05) is 0 Å². The molecule has 0 atom stereocenters. The fraction of sp³-hybridized carbons (Fsp3) is 0.143. The maximum Gasteiger partial charge on any atom is 0.415 e. The lowest BCUT2D eigenvalue weighted by molar-refractivity contribution is 0.0696. The number of amides is 1. The highest BCUT2D eigenvalue weighted by atomic mass is 16.6. The lowest BCUT2D eigenvalue weighted by Crippen LogP contribution is -2.32. The zero-order valence-electron chi connectivity index (χ0n) is 10.2. The minimum atomic E-state index is -1.08. The smallest absolute Gasteiger partial charge is 0.415 e. The van der Waals surface area contributed by atoms with Crippen LogP contribution in [0.25, 0.3) is 0 Å². The molecule has 0 fully saturated rings. The molecule has 1 N–H and O–H groups in total. The van der Waals surface area contributed by atoms with Crippen LogP contribution in [-0.4, -0.2) is 30.3 Å². The van der Waals surface area contributed by atoms with Gasteiger partial charge in [-0.3, -0.25) is 4.90 Å². The molecule has 0 saturated carbocycles. The zero-order chi connectivity index (χ0) is 14.3. The molecule has 0 radical (unpaired) electrons. The van der Waals surface area contributed by atoms with E-state index in [9.17, 15) is 9.59 Å². The number of nitrogens with zero attached hydrogens (tertiary/aromatic N) is 1. The molecule has 1 aromatic carbocycles. The van der Waals surface area contributed by atoms with E-state index >= 15 is 0 Å². The SMILES string of the molecule is C#CCN(C(=O)OCC=C)c1cccc(C(=O)O)c1. The van der Waals surface area contributed by atoms with E-state index in [1.165, 1.54) is 29.2 Å². The van der Waals surface area contributed by atoms with Gasteiger partial charge in [-0.2, -0.15) is 0 Å². The second-order valence-electron chi connectivity index (χ2n) is 3.51. The number of ether oxygens (including phenoxy) is 1. The molecule has 19 heavy (non-hydrogen) atoms. The van der Waals surface area contributed by atoms with Gasteiger partial charge in [-0.15, -0.1) is 6.42 Å². The van der Waals surface area contributed by atoms with E-state index in [4.69, 9.17) is 16.3 Å². The van der Waals surface area contributed by atoms with Crippen LogP contribution in [0.2, 0.25) is 0 Å². The number of hydrogen-bond acceptors (Lipinski definition) is 3. The van der Waals surface area contributed by atoms with Crippen molar-refractivity contribution < 1.29 is 19.4 Å². The Morgan fingerprint density at radius 3 is 2.84 bits per heavy atom. The summed E-state index contributed by atoms with van der Waals surface area (Å²) >= 11 is 0. The van der Waals surface area contributed by atoms with E-state index in [0.717, 1.165) is 0 Å². The van der Waals surface area contributed by atoms with Gasteiger partial charge in [0, 0.05) is 5.69 Å². The summed E-state index contributed by atoms with van der Waals surface area (Å²) in [5.41, 5.74) is 0.433. The minimum absolute atomic E-state index is 0.0148. The van der Waals surface area contributed by atoms with Crippen molar-refractivity contribution >= 4 is 17.7 Å². The van der Waals surface area contributed by atoms with Gasteiger partial charge in [-0.1, -0.05) is 24.6 Å². The molecule has 0 aliphatic heterocycles. The van der Waals surface area contributed by atoms with E-state index in [1.54, 1.807) is 6.07 Å². The van der Waals surface area contributed by atoms with Crippen molar-refractivity contribution in [3.63, 3.8) is 0 Å². The second-order valence-corrected chi connectivity index (χ2v) is 3.51. The third-order valence-corrected chi connectivity index (χ3v) is 2.20. The average Bonchev–Trinajstić information content (AvgIpc) is 2.42. The normalized spacial score (nSPS) is 9.21. The van der Waals surface area contributed by atoms with Crippen LogP contribution in [0.5, 0.6) is 0 Å². The van der Waals surface area contributed by atoms with Crippen LogP contribution in [0.1, 0.15) is 10.4 Å². The van der Waals surface area contributed by atoms with Crippen LogP contribution < -0.4 is 4.90 Å². The van der Waals surface area contributed by atoms with Gasteiger partial charge in [0.2, 0.25) is 0 Å². The van der Waals surface area contributed by atoms with Gasteiger partial charge in [-0.25, -0.2) is 9.59 Å². The highest BCUT2D eigenvalue weighted by molar-refractivity contribution is 5.92. The number of carboxylic acid groups (broad SMARTS) is 1. The number of hydrogen-bond donors (Lipinski definition) is 1. The number of carbonyl (C=O) groups excluding carboxylic acids is 1. The molecular formula is C14H13NO4. The third-order valence-electron chi connectivity index (χ3n) is 2.20. The van der Waals surface area contributed by atoms with Crippen LogP contribution in [0.4, 0.5) is 10.5 Å². The number of benzene rings is 1. The summed E-state index contributed by atoms with van der Waals surface area (Å²) in [6.07, 6.45) is 5.97. The van der Waals surface area contributed by atoms with E-state index in [0.29, 0.717) is 5.69 Å². The van der Waals surface area contributed by atoms with E-state index < -0.39 is 12.1 Å². The molecule has 5 heteroatoms. The molecule has 0 aliphatic carbocycles. The highest BCUT2D eigenvalue weighted by Crippen LogP contribution is 2.17. The summed E-state index contributed by atoms with van der Waals surface area (Å²) < 4.78 is 4.89. The number of rotatable bonds is 5. The maximum absolute atomic E-state index is 11.8. The maximum atomic E-state index is 11.8. The van der Waals surface area contributed by atoms with Crippen molar-refractivity contribution in [2.24, 2.45) is 0 Å². The Morgan fingerprint density at radius 2 is 2.26 bits per heavy atom. The summed E-state index contributed by atoms with van der Waals surface area (Å²) in [4.78, 5) is 23.9. The first-order chi connectivity index (χ1) is 9.10. The monoisotopic (exact) mass is 259 g/mol. The highest BCUT2D eigenvalue weighted by Gasteiger charge is 2.17. The predicted molar refractivity (Wildman–Crippen MR) is 71.1 cm³/mol. The molecule has 0 saturated heterocycles. The molecule has 1 aromatic rings. The number of aromatic carboxylic acids is 1. The van der Waals surface area contributed by atoms with Crippen molar-refractivity contribution in [2.75, 3.05) is 18.1 Å². The number of carboxylic acids is 1. The Balaban J connectivity index is 3.01. The molecule has 0 spiro atoms. The lowest BCUT2D eigenvalue weighted by atomic mass is 10.2. The minimum Gasteiger partial charge on any atom is -0.478 e. The van der Waals surface area contributed by atoms with Gasteiger partial charge in [0.25, 0.3) is 0 Å². The quantitative estimate of drug-likeness (QED) is 0.650. The molecule has 0 aliphatic rings. The average molecular weight is 259 g/mol. The van der Waals surface area contributed by atoms with E-state index in [-0.39, 0.29) is 18.7 Å². The van der Waals surface area contributed by atoms with Crippen molar-refractivity contribution in [3.8, 4) is 12.3 Å². The summed E-state index contributed by atoms with van der Waals surface area (Å²) in [5.74, 6) is 1.24. The Bertz CT molecular complexity index is 530. The van der Waals surface area contributed by atoms with Gasteiger partial charge < -0.3 is 9.84 Å². The van der Waals surface area contributed by atoms with Crippen LogP contribution in [0.15, 0.2) is 36.9 Å². The largest absolute Gasteiger partial charge is 0.478 e. The van der Waals surface area contributed by atoms with Crippen molar-refractivity contribution in [1.29, 1.82) is 0 Å². The number of terminal acetylenes is 1. The second kappa shape index (κ2) is 6.87. The molecule has 1 amide bonds. The molecule has 1 rings (SSSR count). The molecule has 0 heterocycles. The Hall–Kier alpha value is -2.74. The van der Waals surface area contributed by atoms with Crippen LogP contribution in [0.3, 0.4) is 0 Å². The lowest BCUT2D eigenvalue weighted by Gasteiger charge is -2.19. The summed E-state index contributed by atoms with van der Waals surface area (Å²) in [7, 11) is 0. The standard InChI is InChI=1S/C14H13NO4/c1-3-8-15(14(18)19-9-4-2)12-7-5-6-11(10-12)13(16)17/h1,4-7,10H,2,8-9H2,(H,16,17). The number of carbonyl (C=O) groups is 2. The van der Waals surface area contributed by atoms with Crippen molar-refractivity contribution in [3.05, 3.63) is 42.5 Å². The fourth-order valence-electron chi connectivity index (χ4n) is 1.37. The van der Waals surface area contributed by atoms with Gasteiger partial charge in [0.15, 0.2) is 0 Å². The van der Waals surface area contributed by atoms with E-state index in [2.05, 4.69) is 12.5 Å². The summed E-state index contributed by atoms with van der Waals surface area (Å²) in [6.45, 7) is 3.47. The Labute approximate surface area is 111 Å². The van der Waals surface area contributed by atoms with Gasteiger partial charge in [0.05, 0.1) is 12.1 Å². The topological polar surface area (TPSA) is 66.8 Å². The first-order valence-corrected chi connectivity index (χ1v) is 5.42. The predicted octanol–water partition coefficient (Wildman–Crippen LogP) is 2.15. The van der Waals surface area contributed by atoms with Crippen LogP contribution in [-0.2, 0) is 4.74 Å². The number of anilines is 1. The van der Waals surface area contributed by atoms with Crippen molar-refractivity contribution in [2.45, 2.75) is 0 Å². The fourth-order valence-corrected chi connectivity index (χ4v) is 1.37. The molecule has 98 valence electrons. The summed E-state index contributed by atoms with van der Waals surface area (Å²) in [5, 5.41) is 8.91. The summed E-state index contributed by atoms with van der Waals surface area (Å²) in [6, 6.07) is 5.89. The first-order valence-electron chi connectivity index (χ1n) is 5.42. The van der Waals surface area contributed by atoms with Gasteiger partial charge in [0.1, 0.15) is 6.61 Å². The van der Waals surface area contributed by atoms with Gasteiger partial charge in [-0.05, 0) is 18.2 Å². The van der Waals surface area contributed by atoms with Crippen LogP contribution >= 0.6 is 0 Å². The molecular weight excluding hydrogens is 246 g/mol. The van der Waals surface area contributed by atoms with Crippen molar-refractivity contribution in [1.82, 2.24) is 0 Å². The Kier molecular flexibility index (Phi) is 5.17. The molecule has 5 nitrogen and oxygen atoms in total. The van der Waals surface area contributed by atoms with Gasteiger partial charge >= 0.3 is 12.1 Å². The molecule has 0 aromatic heterocycles. The molecule has 0 unspecified atom stereocenters. The Morgan fingerprint density at radius 1 is 1.53 bits per heavy atom. The zero-order valence-corrected chi connectivity index (χ0v) is 10.2. The third kappa shape index (κ3) is 3.89. The van der Waals surface area contributed by atoms with Crippen LogP contribution in [0, 0.1) is 12.3 Å². The molecule has 0 bridgehead atoms.